The maximum atomic E-state index is 10.6. The number of hydrogen-bond donors (Lipinski definition) is 1. The summed E-state index contributed by atoms with van der Waals surface area (Å²) in [5.41, 5.74) is 0.0928. The number of halogens is 1. The number of benzene rings is 1. The van der Waals surface area contributed by atoms with E-state index in [1.54, 1.807) is 11.8 Å². The number of rotatable bonds is 4. The SMILES string of the molecule is O=C(O)c1cnc(CSc2ccc(Cl)cc2)nc1. The van der Waals surface area contributed by atoms with E-state index in [9.17, 15) is 4.79 Å². The second-order valence-electron chi connectivity index (χ2n) is 3.44. The molecule has 18 heavy (non-hydrogen) atoms. The number of carbonyl (C=O) groups is 1. The van der Waals surface area contributed by atoms with Crippen LogP contribution in [-0.2, 0) is 5.75 Å². The van der Waals surface area contributed by atoms with Crippen LogP contribution in [0.5, 0.6) is 0 Å². The van der Waals surface area contributed by atoms with Gasteiger partial charge in [-0.05, 0) is 24.3 Å². The fraction of sp³-hybridized carbons (Fsp3) is 0.0833. The van der Waals surface area contributed by atoms with Gasteiger partial charge in [-0.3, -0.25) is 0 Å². The molecule has 1 heterocycles. The molecule has 1 aromatic heterocycles. The van der Waals surface area contributed by atoms with Gasteiger partial charge < -0.3 is 5.11 Å². The first-order valence-corrected chi connectivity index (χ1v) is 6.44. The van der Waals surface area contributed by atoms with Crippen molar-refractivity contribution in [1.82, 2.24) is 9.97 Å². The van der Waals surface area contributed by atoms with E-state index in [-0.39, 0.29) is 5.56 Å². The van der Waals surface area contributed by atoms with Crippen LogP contribution >= 0.6 is 23.4 Å². The maximum Gasteiger partial charge on any atom is 0.338 e. The van der Waals surface area contributed by atoms with Crippen molar-refractivity contribution in [3.63, 3.8) is 0 Å². The lowest BCUT2D eigenvalue weighted by Crippen LogP contribution is -2.00. The monoisotopic (exact) mass is 280 g/mol. The topological polar surface area (TPSA) is 63.1 Å². The van der Waals surface area contributed by atoms with Crippen LogP contribution in [0.25, 0.3) is 0 Å². The number of nitrogens with zero attached hydrogens (tertiary/aromatic N) is 2. The fourth-order valence-electron chi connectivity index (χ4n) is 1.22. The van der Waals surface area contributed by atoms with Gasteiger partial charge in [0.05, 0.1) is 11.3 Å². The van der Waals surface area contributed by atoms with Crippen molar-refractivity contribution in [2.75, 3.05) is 0 Å². The molecule has 0 aliphatic carbocycles. The number of carboxylic acid groups (broad SMARTS) is 1. The molecule has 0 amide bonds. The highest BCUT2D eigenvalue weighted by atomic mass is 35.5. The van der Waals surface area contributed by atoms with E-state index >= 15 is 0 Å². The summed E-state index contributed by atoms with van der Waals surface area (Å²) in [5, 5.41) is 9.41. The molecule has 92 valence electrons. The minimum atomic E-state index is -1.02. The Bertz CT molecular complexity index is 543. The predicted octanol–water partition coefficient (Wildman–Crippen LogP) is 3.12. The van der Waals surface area contributed by atoms with Crippen molar-refractivity contribution in [2.45, 2.75) is 10.6 Å². The van der Waals surface area contributed by atoms with Gasteiger partial charge in [0.25, 0.3) is 0 Å². The summed E-state index contributed by atoms with van der Waals surface area (Å²) in [6.07, 6.45) is 2.63. The van der Waals surface area contributed by atoms with Crippen LogP contribution in [-0.4, -0.2) is 21.0 Å². The number of thioether (sulfide) groups is 1. The standard InChI is InChI=1S/C12H9ClN2O2S/c13-9-1-3-10(4-2-9)18-7-11-14-5-8(6-15-11)12(16)17/h1-6H,7H2,(H,16,17). The molecule has 0 bridgehead atoms. The van der Waals surface area contributed by atoms with Crippen molar-refractivity contribution in [1.29, 1.82) is 0 Å². The molecule has 1 N–H and O–H groups in total. The third kappa shape index (κ3) is 3.45. The Morgan fingerprint density at radius 2 is 1.83 bits per heavy atom. The molecule has 2 aromatic rings. The van der Waals surface area contributed by atoms with E-state index < -0.39 is 5.97 Å². The molecule has 0 saturated carbocycles. The van der Waals surface area contributed by atoms with Gasteiger partial charge in [-0.25, -0.2) is 14.8 Å². The Labute approximate surface area is 113 Å². The summed E-state index contributed by atoms with van der Waals surface area (Å²) >= 11 is 7.35. The van der Waals surface area contributed by atoms with E-state index in [4.69, 9.17) is 16.7 Å². The molecular formula is C12H9ClN2O2S. The lowest BCUT2D eigenvalue weighted by molar-refractivity contribution is 0.0696. The normalized spacial score (nSPS) is 10.3. The molecule has 0 aliphatic heterocycles. The highest BCUT2D eigenvalue weighted by Gasteiger charge is 2.04. The van der Waals surface area contributed by atoms with Crippen LogP contribution in [0.4, 0.5) is 0 Å². The predicted molar refractivity (Wildman–Crippen MR) is 70.0 cm³/mol. The Kier molecular flexibility index (Phi) is 4.17. The quantitative estimate of drug-likeness (QED) is 0.872. The molecule has 0 fully saturated rings. The minimum Gasteiger partial charge on any atom is -0.478 e. The van der Waals surface area contributed by atoms with E-state index in [2.05, 4.69) is 9.97 Å². The van der Waals surface area contributed by atoms with E-state index in [1.807, 2.05) is 24.3 Å². The molecule has 0 unspecified atom stereocenters. The molecule has 0 saturated heterocycles. The molecule has 1 aromatic carbocycles. The number of carboxylic acids is 1. The summed E-state index contributed by atoms with van der Waals surface area (Å²) < 4.78 is 0. The zero-order valence-electron chi connectivity index (χ0n) is 9.21. The van der Waals surface area contributed by atoms with E-state index in [0.717, 1.165) is 4.90 Å². The minimum absolute atomic E-state index is 0.0928. The molecule has 2 rings (SSSR count). The van der Waals surface area contributed by atoms with Crippen LogP contribution in [0.15, 0.2) is 41.6 Å². The van der Waals surface area contributed by atoms with Crippen LogP contribution in [0.1, 0.15) is 16.2 Å². The van der Waals surface area contributed by atoms with Gasteiger partial charge in [-0.1, -0.05) is 11.6 Å². The summed E-state index contributed by atoms with van der Waals surface area (Å²) in [5.74, 6) is 0.161. The highest BCUT2D eigenvalue weighted by molar-refractivity contribution is 7.98. The van der Waals surface area contributed by atoms with Crippen LogP contribution in [0.2, 0.25) is 5.02 Å². The van der Waals surface area contributed by atoms with Crippen molar-refractivity contribution in [3.05, 3.63) is 53.1 Å². The van der Waals surface area contributed by atoms with Gasteiger partial charge in [0, 0.05) is 22.3 Å². The Hall–Kier alpha value is -1.59. The first-order chi connectivity index (χ1) is 8.65. The number of aromatic carboxylic acids is 1. The van der Waals surface area contributed by atoms with Crippen molar-refractivity contribution < 1.29 is 9.90 Å². The smallest absolute Gasteiger partial charge is 0.338 e. The Morgan fingerprint density at radius 3 is 2.39 bits per heavy atom. The third-order valence-corrected chi connectivity index (χ3v) is 3.39. The largest absolute Gasteiger partial charge is 0.478 e. The van der Waals surface area contributed by atoms with Gasteiger partial charge in [0.2, 0.25) is 0 Å². The van der Waals surface area contributed by atoms with E-state index in [1.165, 1.54) is 12.4 Å². The average molecular weight is 281 g/mol. The van der Waals surface area contributed by atoms with Crippen LogP contribution in [0.3, 0.4) is 0 Å². The van der Waals surface area contributed by atoms with Crippen molar-refractivity contribution in [3.8, 4) is 0 Å². The van der Waals surface area contributed by atoms with Crippen LogP contribution in [0, 0.1) is 0 Å². The zero-order chi connectivity index (χ0) is 13.0. The molecule has 0 spiro atoms. The maximum absolute atomic E-state index is 10.6. The molecule has 0 radical (unpaired) electrons. The summed E-state index contributed by atoms with van der Waals surface area (Å²) in [4.78, 5) is 19.7. The number of aromatic nitrogens is 2. The lowest BCUT2D eigenvalue weighted by atomic mass is 10.3. The van der Waals surface area contributed by atoms with E-state index in [0.29, 0.717) is 16.6 Å². The van der Waals surface area contributed by atoms with Gasteiger partial charge in [-0.15, -0.1) is 11.8 Å². The first-order valence-electron chi connectivity index (χ1n) is 5.08. The van der Waals surface area contributed by atoms with Gasteiger partial charge in [-0.2, -0.15) is 0 Å². The lowest BCUT2D eigenvalue weighted by Gasteiger charge is -2.01. The summed E-state index contributed by atoms with van der Waals surface area (Å²) in [6, 6.07) is 7.47. The molecular weight excluding hydrogens is 272 g/mol. The molecule has 0 aliphatic rings. The molecule has 6 heteroatoms. The summed E-state index contributed by atoms with van der Waals surface area (Å²) in [7, 11) is 0. The van der Waals surface area contributed by atoms with Crippen LogP contribution < -0.4 is 0 Å². The molecule has 0 atom stereocenters. The Morgan fingerprint density at radius 1 is 1.22 bits per heavy atom. The molecule has 4 nitrogen and oxygen atoms in total. The van der Waals surface area contributed by atoms with Crippen molar-refractivity contribution >= 4 is 29.3 Å². The second kappa shape index (κ2) is 5.84. The Balaban J connectivity index is 1.97. The van der Waals surface area contributed by atoms with Gasteiger partial charge in [0.15, 0.2) is 0 Å². The third-order valence-electron chi connectivity index (χ3n) is 2.13. The van der Waals surface area contributed by atoms with Gasteiger partial charge >= 0.3 is 5.97 Å². The fourth-order valence-corrected chi connectivity index (χ4v) is 2.12. The summed E-state index contributed by atoms with van der Waals surface area (Å²) in [6.45, 7) is 0. The highest BCUT2D eigenvalue weighted by Crippen LogP contribution is 2.22. The zero-order valence-corrected chi connectivity index (χ0v) is 10.8. The second-order valence-corrected chi connectivity index (χ2v) is 4.92. The van der Waals surface area contributed by atoms with Crippen molar-refractivity contribution in [2.24, 2.45) is 0 Å². The average Bonchev–Trinajstić information content (AvgIpc) is 2.38. The first kappa shape index (κ1) is 12.9. The number of hydrogen-bond acceptors (Lipinski definition) is 4. The van der Waals surface area contributed by atoms with Gasteiger partial charge in [0.1, 0.15) is 5.82 Å².